The molecule has 30 heavy (non-hydrogen) atoms. The molecule has 0 aromatic carbocycles. The van der Waals surface area contributed by atoms with E-state index in [2.05, 4.69) is 47.1 Å². The number of pyridine rings is 1. The van der Waals surface area contributed by atoms with Gasteiger partial charge in [-0.25, -0.2) is 9.48 Å². The first kappa shape index (κ1) is 21.9. The molecule has 4 N–H and O–H groups in total. The molecule has 2 aromatic rings. The van der Waals surface area contributed by atoms with Crippen LogP contribution >= 0.6 is 0 Å². The number of carbonyl (C=O) groups excluding carboxylic acids is 1. The molecule has 8 heteroatoms. The molecular weight excluding hydrogens is 380 g/mol. The lowest BCUT2D eigenvalue weighted by atomic mass is 10.0. The molecule has 1 fully saturated rings. The second-order valence-electron chi connectivity index (χ2n) is 8.85. The molecule has 2 aromatic heterocycles. The molecule has 1 aliphatic rings. The third kappa shape index (κ3) is 6.11. The number of hydrogen-bond acceptors (Lipinski definition) is 5. The SMILES string of the molecule is CC(C)(C)n1nc(C2CCCC2)cc1Nc1cccc(OCCCCNC(N)=O)n1. The van der Waals surface area contributed by atoms with Gasteiger partial charge in [0.2, 0.25) is 5.88 Å². The molecule has 0 saturated heterocycles. The van der Waals surface area contributed by atoms with Crippen LogP contribution < -0.4 is 21.1 Å². The summed E-state index contributed by atoms with van der Waals surface area (Å²) in [7, 11) is 0. The van der Waals surface area contributed by atoms with Gasteiger partial charge in [-0.15, -0.1) is 0 Å². The van der Waals surface area contributed by atoms with Crippen LogP contribution in [0.2, 0.25) is 0 Å². The van der Waals surface area contributed by atoms with E-state index in [9.17, 15) is 4.79 Å². The smallest absolute Gasteiger partial charge is 0.312 e. The lowest BCUT2D eigenvalue weighted by Gasteiger charge is -2.22. The number of unbranched alkanes of at least 4 members (excludes halogenated alkanes) is 1. The first-order chi connectivity index (χ1) is 14.3. The minimum Gasteiger partial charge on any atom is -0.478 e. The summed E-state index contributed by atoms with van der Waals surface area (Å²) < 4.78 is 7.82. The average molecular weight is 415 g/mol. The van der Waals surface area contributed by atoms with Gasteiger partial charge in [-0.2, -0.15) is 10.1 Å². The van der Waals surface area contributed by atoms with Gasteiger partial charge in [0, 0.05) is 24.6 Å². The van der Waals surface area contributed by atoms with E-state index >= 15 is 0 Å². The van der Waals surface area contributed by atoms with Crippen LogP contribution in [-0.4, -0.2) is 33.9 Å². The Morgan fingerprint density at radius 2 is 2.03 bits per heavy atom. The number of ether oxygens (including phenoxy) is 1. The second-order valence-corrected chi connectivity index (χ2v) is 8.85. The summed E-state index contributed by atoms with van der Waals surface area (Å²) in [5.74, 6) is 2.80. The summed E-state index contributed by atoms with van der Waals surface area (Å²) in [5.41, 5.74) is 6.08. The van der Waals surface area contributed by atoms with Gasteiger partial charge in [0.05, 0.1) is 17.8 Å². The number of rotatable bonds is 9. The predicted molar refractivity (Wildman–Crippen MR) is 118 cm³/mol. The van der Waals surface area contributed by atoms with E-state index in [-0.39, 0.29) is 5.54 Å². The molecule has 0 spiro atoms. The summed E-state index contributed by atoms with van der Waals surface area (Å²) in [6.45, 7) is 7.55. The van der Waals surface area contributed by atoms with Crippen LogP contribution in [0.5, 0.6) is 5.88 Å². The molecule has 3 rings (SSSR count). The second kappa shape index (κ2) is 9.82. The molecule has 164 valence electrons. The van der Waals surface area contributed by atoms with Gasteiger partial charge < -0.3 is 21.1 Å². The van der Waals surface area contributed by atoms with E-state index in [0.717, 1.165) is 24.5 Å². The summed E-state index contributed by atoms with van der Waals surface area (Å²) in [5, 5.41) is 10.9. The number of anilines is 2. The highest BCUT2D eigenvalue weighted by molar-refractivity contribution is 5.71. The van der Waals surface area contributed by atoms with E-state index in [4.69, 9.17) is 15.6 Å². The molecule has 1 aliphatic carbocycles. The molecule has 0 radical (unpaired) electrons. The van der Waals surface area contributed by atoms with Gasteiger partial charge in [0.25, 0.3) is 0 Å². The molecule has 0 aliphatic heterocycles. The topological polar surface area (TPSA) is 107 Å². The van der Waals surface area contributed by atoms with Crippen molar-refractivity contribution >= 4 is 17.7 Å². The normalized spacial score (nSPS) is 14.6. The number of urea groups is 1. The quantitative estimate of drug-likeness (QED) is 0.531. The van der Waals surface area contributed by atoms with Crippen molar-refractivity contribution in [1.82, 2.24) is 20.1 Å². The number of aromatic nitrogens is 3. The maximum absolute atomic E-state index is 10.7. The number of carbonyl (C=O) groups is 1. The number of nitrogens with two attached hydrogens (primary N) is 1. The maximum Gasteiger partial charge on any atom is 0.312 e. The Balaban J connectivity index is 1.63. The van der Waals surface area contributed by atoms with E-state index in [1.54, 1.807) is 0 Å². The van der Waals surface area contributed by atoms with Crippen molar-refractivity contribution in [2.45, 2.75) is 70.8 Å². The minimum atomic E-state index is -0.498. The van der Waals surface area contributed by atoms with Gasteiger partial charge in [-0.3, -0.25) is 0 Å². The first-order valence-corrected chi connectivity index (χ1v) is 10.8. The number of amides is 2. The van der Waals surface area contributed by atoms with Crippen molar-refractivity contribution in [2.24, 2.45) is 5.73 Å². The third-order valence-corrected chi connectivity index (χ3v) is 5.24. The summed E-state index contributed by atoms with van der Waals surface area (Å²) in [6.07, 6.45) is 6.62. The third-order valence-electron chi connectivity index (χ3n) is 5.24. The monoisotopic (exact) mass is 414 g/mol. The van der Waals surface area contributed by atoms with Gasteiger partial charge in [-0.1, -0.05) is 18.9 Å². The predicted octanol–water partition coefficient (Wildman–Crippen LogP) is 4.26. The molecule has 2 amide bonds. The van der Waals surface area contributed by atoms with Crippen molar-refractivity contribution in [3.05, 3.63) is 30.0 Å². The molecule has 0 unspecified atom stereocenters. The lowest BCUT2D eigenvalue weighted by molar-refractivity contribution is 0.247. The Labute approximate surface area is 178 Å². The molecule has 0 bridgehead atoms. The van der Waals surface area contributed by atoms with Crippen LogP contribution in [0.25, 0.3) is 0 Å². The summed E-state index contributed by atoms with van der Waals surface area (Å²) in [4.78, 5) is 15.2. The molecule has 8 nitrogen and oxygen atoms in total. The number of hydrogen-bond donors (Lipinski definition) is 3. The molecular formula is C22H34N6O2. The number of nitrogens with one attached hydrogen (secondary N) is 2. The average Bonchev–Trinajstić information content (AvgIpc) is 3.34. The van der Waals surface area contributed by atoms with Crippen molar-refractivity contribution in [2.75, 3.05) is 18.5 Å². The Morgan fingerprint density at radius 3 is 2.73 bits per heavy atom. The summed E-state index contributed by atoms with van der Waals surface area (Å²) >= 11 is 0. The van der Waals surface area contributed by atoms with E-state index < -0.39 is 6.03 Å². The zero-order chi connectivity index (χ0) is 21.6. The zero-order valence-electron chi connectivity index (χ0n) is 18.3. The Morgan fingerprint density at radius 1 is 1.27 bits per heavy atom. The number of nitrogens with zero attached hydrogens (tertiary/aromatic N) is 3. The van der Waals surface area contributed by atoms with Crippen LogP contribution in [-0.2, 0) is 5.54 Å². The van der Waals surface area contributed by atoms with E-state index in [1.165, 1.54) is 31.4 Å². The van der Waals surface area contributed by atoms with Gasteiger partial charge >= 0.3 is 6.03 Å². The molecule has 2 heterocycles. The van der Waals surface area contributed by atoms with Crippen molar-refractivity contribution < 1.29 is 9.53 Å². The minimum absolute atomic E-state index is 0.133. The first-order valence-electron chi connectivity index (χ1n) is 10.8. The lowest BCUT2D eigenvalue weighted by Crippen LogP contribution is -2.30. The van der Waals surface area contributed by atoms with Crippen molar-refractivity contribution in [1.29, 1.82) is 0 Å². The highest BCUT2D eigenvalue weighted by Crippen LogP contribution is 2.36. The van der Waals surface area contributed by atoms with Crippen LogP contribution in [0.1, 0.15) is 70.9 Å². The van der Waals surface area contributed by atoms with Crippen molar-refractivity contribution in [3.63, 3.8) is 0 Å². The highest BCUT2D eigenvalue weighted by Gasteiger charge is 2.25. The summed E-state index contributed by atoms with van der Waals surface area (Å²) in [6, 6.07) is 7.37. The van der Waals surface area contributed by atoms with Crippen LogP contribution in [0.4, 0.5) is 16.4 Å². The van der Waals surface area contributed by atoms with Gasteiger partial charge in [0.1, 0.15) is 11.6 Å². The van der Waals surface area contributed by atoms with Crippen LogP contribution in [0.3, 0.4) is 0 Å². The molecule has 0 atom stereocenters. The Hall–Kier alpha value is -2.77. The van der Waals surface area contributed by atoms with Gasteiger partial charge in [0.15, 0.2) is 0 Å². The standard InChI is InChI=1S/C22H34N6O2/c1-22(2,3)28-19(15-17(27-28)16-9-4-5-10-16)25-18-11-8-12-20(26-18)30-14-7-6-13-24-21(23)29/h8,11-12,15-16H,4-7,9-10,13-14H2,1-3H3,(H,25,26)(H3,23,24,29). The van der Waals surface area contributed by atoms with Crippen molar-refractivity contribution in [3.8, 4) is 5.88 Å². The largest absolute Gasteiger partial charge is 0.478 e. The van der Waals surface area contributed by atoms with E-state index in [1.807, 2.05) is 18.2 Å². The van der Waals surface area contributed by atoms with Crippen LogP contribution in [0, 0.1) is 0 Å². The fourth-order valence-electron chi connectivity index (χ4n) is 3.73. The number of primary amides is 1. The molecule has 1 saturated carbocycles. The fraction of sp³-hybridized carbons (Fsp3) is 0.591. The fourth-order valence-corrected chi connectivity index (χ4v) is 3.73. The zero-order valence-corrected chi connectivity index (χ0v) is 18.3. The Kier molecular flexibility index (Phi) is 7.18. The van der Waals surface area contributed by atoms with Crippen LogP contribution in [0.15, 0.2) is 24.3 Å². The highest BCUT2D eigenvalue weighted by atomic mass is 16.5. The van der Waals surface area contributed by atoms with Gasteiger partial charge in [-0.05, 0) is 52.5 Å². The van der Waals surface area contributed by atoms with E-state index in [0.29, 0.717) is 24.9 Å². The Bertz CT molecular complexity index is 836. The maximum atomic E-state index is 10.7.